The number of sulfone groups is 1. The van der Waals surface area contributed by atoms with E-state index in [9.17, 15) is 22.7 Å². The van der Waals surface area contributed by atoms with E-state index in [0.29, 0.717) is 12.8 Å². The number of rotatable bonds is 3. The predicted octanol–water partition coefficient (Wildman–Crippen LogP) is 2.67. The van der Waals surface area contributed by atoms with Crippen molar-refractivity contribution in [3.05, 3.63) is 34.8 Å². The van der Waals surface area contributed by atoms with Gasteiger partial charge in [0, 0.05) is 5.02 Å². The Morgan fingerprint density at radius 3 is 2.45 bits per heavy atom. The number of hydrogen-bond acceptors (Lipinski definition) is 3. The van der Waals surface area contributed by atoms with Crippen LogP contribution in [0.3, 0.4) is 0 Å². The van der Waals surface area contributed by atoms with Crippen LogP contribution in [0.25, 0.3) is 5.53 Å². The molecular formula is C13H15ClN2O4S2. The lowest BCUT2D eigenvalue weighted by Gasteiger charge is -2.29. The minimum Gasteiger partial charge on any atom is -0.360 e. The molecule has 1 aliphatic rings. The van der Waals surface area contributed by atoms with Crippen molar-refractivity contribution < 1.29 is 22.0 Å². The highest BCUT2D eigenvalue weighted by Crippen LogP contribution is 2.37. The van der Waals surface area contributed by atoms with Gasteiger partial charge in [0.1, 0.15) is 0 Å². The van der Waals surface area contributed by atoms with Crippen molar-refractivity contribution in [2.75, 3.05) is 0 Å². The summed E-state index contributed by atoms with van der Waals surface area (Å²) < 4.78 is 45.4. The standard InChI is InChI=1S/C13H15ClN2O4S2/c14-10-5-4-6-11(9-10)22(19,20)12(16-15)13(21(17)18)7-2-1-3-8-13/h4-6,9H,1-3,7-8H2,(H,17,18). The fourth-order valence-corrected chi connectivity index (χ4v) is 5.91. The van der Waals surface area contributed by atoms with Gasteiger partial charge >= 0.3 is 5.04 Å². The smallest absolute Gasteiger partial charge is 0.360 e. The maximum absolute atomic E-state index is 12.7. The quantitative estimate of drug-likeness (QED) is 0.293. The van der Waals surface area contributed by atoms with Gasteiger partial charge < -0.3 is 10.1 Å². The first-order chi connectivity index (χ1) is 10.3. The van der Waals surface area contributed by atoms with Gasteiger partial charge in [-0.15, -0.1) is 0 Å². The van der Waals surface area contributed by atoms with E-state index in [4.69, 9.17) is 11.6 Å². The molecule has 0 amide bonds. The number of nitrogens with zero attached hydrogens (tertiary/aromatic N) is 2. The molecule has 1 aromatic carbocycles. The fraction of sp³-hybridized carbons (Fsp3) is 0.462. The van der Waals surface area contributed by atoms with Gasteiger partial charge in [-0.3, -0.25) is 0 Å². The molecule has 6 nitrogen and oxygen atoms in total. The van der Waals surface area contributed by atoms with Gasteiger partial charge in [-0.25, -0.2) is 12.6 Å². The molecule has 0 aliphatic heterocycles. The lowest BCUT2D eigenvalue weighted by atomic mass is 9.89. The van der Waals surface area contributed by atoms with Crippen LogP contribution in [0.5, 0.6) is 0 Å². The van der Waals surface area contributed by atoms with Crippen LogP contribution < -0.4 is 0 Å². The van der Waals surface area contributed by atoms with Crippen LogP contribution in [0.4, 0.5) is 0 Å². The minimum atomic E-state index is -4.21. The van der Waals surface area contributed by atoms with E-state index < -0.39 is 30.7 Å². The number of halogens is 1. The highest BCUT2D eigenvalue weighted by molar-refractivity contribution is 8.08. The van der Waals surface area contributed by atoms with E-state index in [1.165, 1.54) is 24.3 Å². The molecule has 1 fully saturated rings. The minimum absolute atomic E-state index is 0.164. The van der Waals surface area contributed by atoms with Crippen molar-refractivity contribution in [3.63, 3.8) is 0 Å². The summed E-state index contributed by atoms with van der Waals surface area (Å²) in [6.45, 7) is 0. The number of hydrogen-bond donors (Lipinski definition) is 1. The third-order valence-corrected chi connectivity index (χ3v) is 7.33. The molecule has 1 unspecified atom stereocenters. The summed E-state index contributed by atoms with van der Waals surface area (Å²) in [4.78, 5) is 2.75. The Balaban J connectivity index is 2.60. The van der Waals surface area contributed by atoms with Crippen molar-refractivity contribution in [1.82, 2.24) is 0 Å². The molecular weight excluding hydrogens is 348 g/mol. The molecule has 0 spiro atoms. The summed E-state index contributed by atoms with van der Waals surface area (Å²) in [5, 5.41) is -0.455. The zero-order chi connectivity index (χ0) is 16.4. The molecule has 1 N–H and O–H groups in total. The van der Waals surface area contributed by atoms with Gasteiger partial charge in [0.25, 0.3) is 9.84 Å². The van der Waals surface area contributed by atoms with E-state index in [0.717, 1.165) is 6.42 Å². The third-order valence-electron chi connectivity index (χ3n) is 3.84. The Bertz CT molecular complexity index is 751. The van der Waals surface area contributed by atoms with Crippen molar-refractivity contribution in [1.29, 1.82) is 0 Å². The first-order valence-corrected chi connectivity index (χ1v) is 9.65. The molecule has 9 heteroatoms. The first kappa shape index (κ1) is 17.3. The molecule has 0 radical (unpaired) electrons. The van der Waals surface area contributed by atoms with Gasteiger partial charge in [-0.05, 0) is 31.0 Å². The predicted molar refractivity (Wildman–Crippen MR) is 83.9 cm³/mol. The Labute approximate surface area is 136 Å². The second-order valence-corrected chi connectivity index (χ2v) is 8.75. The molecule has 1 atom stereocenters. The molecule has 22 heavy (non-hydrogen) atoms. The molecule has 120 valence electrons. The van der Waals surface area contributed by atoms with Crippen LogP contribution >= 0.6 is 11.6 Å². The topological polar surface area (TPSA) is 108 Å². The second kappa shape index (κ2) is 6.60. The maximum Gasteiger partial charge on any atom is 0.406 e. The molecule has 0 saturated heterocycles. The largest absolute Gasteiger partial charge is 0.406 e. The summed E-state index contributed by atoms with van der Waals surface area (Å²) >= 11 is 3.34. The van der Waals surface area contributed by atoms with Crippen molar-refractivity contribution in [2.24, 2.45) is 0 Å². The SMILES string of the molecule is [N-]=[N+]=C(C1(S(=O)O)CCCCC1)S(=O)(=O)c1cccc(Cl)c1. The fourth-order valence-electron chi connectivity index (χ4n) is 2.72. The van der Waals surface area contributed by atoms with E-state index in [1.807, 2.05) is 0 Å². The zero-order valence-corrected chi connectivity index (χ0v) is 14.0. The monoisotopic (exact) mass is 362 g/mol. The molecule has 2 rings (SSSR count). The molecule has 1 aliphatic carbocycles. The van der Waals surface area contributed by atoms with Gasteiger partial charge in [-0.2, -0.15) is 4.79 Å². The van der Waals surface area contributed by atoms with E-state index in [-0.39, 0.29) is 22.8 Å². The lowest BCUT2D eigenvalue weighted by molar-refractivity contribution is -0.00757. The summed E-state index contributed by atoms with van der Waals surface area (Å²) in [7, 11) is -4.21. The molecule has 1 aromatic rings. The summed E-state index contributed by atoms with van der Waals surface area (Å²) in [5.41, 5.74) is 9.29. The average molecular weight is 363 g/mol. The van der Waals surface area contributed by atoms with Crippen LogP contribution in [0.1, 0.15) is 32.1 Å². The van der Waals surface area contributed by atoms with Crippen molar-refractivity contribution in [2.45, 2.75) is 41.7 Å². The van der Waals surface area contributed by atoms with Crippen molar-refractivity contribution >= 4 is 37.6 Å². The second-order valence-electron chi connectivity index (χ2n) is 5.17. The van der Waals surface area contributed by atoms with E-state index in [2.05, 4.69) is 4.79 Å². The highest BCUT2D eigenvalue weighted by atomic mass is 35.5. The van der Waals surface area contributed by atoms with Crippen LogP contribution in [-0.2, 0) is 20.9 Å². The van der Waals surface area contributed by atoms with Crippen LogP contribution in [0.2, 0.25) is 5.02 Å². The molecule has 0 bridgehead atoms. The zero-order valence-electron chi connectivity index (χ0n) is 11.6. The molecule has 1 saturated carbocycles. The summed E-state index contributed by atoms with van der Waals surface area (Å²) in [6.07, 6.45) is 2.38. The van der Waals surface area contributed by atoms with Gasteiger partial charge in [0.05, 0.1) is 4.90 Å². The van der Waals surface area contributed by atoms with Crippen molar-refractivity contribution in [3.8, 4) is 0 Å². The highest BCUT2D eigenvalue weighted by Gasteiger charge is 2.55. The third kappa shape index (κ3) is 3.02. The van der Waals surface area contributed by atoms with Crippen LogP contribution in [0.15, 0.2) is 29.2 Å². The Hall–Kier alpha value is -1.05. The normalized spacial score (nSPS) is 19.2. The first-order valence-electron chi connectivity index (χ1n) is 6.69. The lowest BCUT2D eigenvalue weighted by Crippen LogP contribution is -2.48. The average Bonchev–Trinajstić information content (AvgIpc) is 2.48. The van der Waals surface area contributed by atoms with Gasteiger partial charge in [0.2, 0.25) is 0 Å². The van der Waals surface area contributed by atoms with Gasteiger partial charge in [0.15, 0.2) is 15.8 Å². The Morgan fingerprint density at radius 2 is 1.95 bits per heavy atom. The molecule has 0 aromatic heterocycles. The van der Waals surface area contributed by atoms with Crippen LogP contribution in [0, 0.1) is 0 Å². The van der Waals surface area contributed by atoms with Gasteiger partial charge in [-0.1, -0.05) is 36.9 Å². The Morgan fingerprint density at radius 1 is 1.32 bits per heavy atom. The van der Waals surface area contributed by atoms with E-state index in [1.54, 1.807) is 0 Å². The van der Waals surface area contributed by atoms with E-state index >= 15 is 0 Å². The maximum atomic E-state index is 12.7. The number of benzene rings is 1. The molecule has 0 heterocycles. The van der Waals surface area contributed by atoms with Crippen LogP contribution in [-0.4, -0.2) is 31.8 Å². The summed E-state index contributed by atoms with van der Waals surface area (Å²) in [6, 6.07) is 5.49. The Kier molecular flexibility index (Phi) is 5.19. The summed E-state index contributed by atoms with van der Waals surface area (Å²) in [5.74, 6) is 0.